The number of morpholine rings is 1. The number of carbonyl (C=O) groups excluding carboxylic acids is 2. The maximum absolute atomic E-state index is 13.5. The Balaban J connectivity index is 1.50. The molecule has 196 valence electrons. The maximum atomic E-state index is 13.5. The standard InChI is InChI=1S/C23H19F5N4O4S/c24-15-7-14(8-16(25)10-15)22-31-30-21(37-22)11-18(33)13-1-2-19(36-23(26,27)28)17(9-13)29-20(34)12-32-3-5-35-6-4-32/h1-2,7-10H,3-6,11-12H2,(H,29,34). The number of hydrogen-bond acceptors (Lipinski definition) is 8. The third-order valence-electron chi connectivity index (χ3n) is 5.16. The zero-order valence-corrected chi connectivity index (χ0v) is 19.8. The van der Waals surface area contributed by atoms with Gasteiger partial charge in [-0.3, -0.25) is 14.5 Å². The van der Waals surface area contributed by atoms with E-state index in [1.807, 2.05) is 0 Å². The molecule has 1 aliphatic heterocycles. The zero-order chi connectivity index (χ0) is 26.6. The predicted molar refractivity (Wildman–Crippen MR) is 122 cm³/mol. The number of nitrogens with one attached hydrogen (secondary N) is 1. The average molecular weight is 542 g/mol. The number of ether oxygens (including phenoxy) is 2. The van der Waals surface area contributed by atoms with Gasteiger partial charge in [0.05, 0.1) is 31.9 Å². The smallest absolute Gasteiger partial charge is 0.404 e. The van der Waals surface area contributed by atoms with Crippen LogP contribution in [0.25, 0.3) is 10.6 Å². The molecule has 1 aromatic heterocycles. The van der Waals surface area contributed by atoms with Crippen LogP contribution in [0.2, 0.25) is 0 Å². The second-order valence-electron chi connectivity index (χ2n) is 7.95. The van der Waals surface area contributed by atoms with Crippen LogP contribution in [-0.4, -0.2) is 66.0 Å². The number of Topliss-reactive ketones (excluding diaryl/α,β-unsaturated/α-hetero) is 1. The normalized spacial score (nSPS) is 14.4. The van der Waals surface area contributed by atoms with E-state index in [-0.39, 0.29) is 39.8 Å². The van der Waals surface area contributed by atoms with Crippen molar-refractivity contribution in [2.45, 2.75) is 12.8 Å². The first-order valence-electron chi connectivity index (χ1n) is 10.9. The first-order chi connectivity index (χ1) is 17.6. The van der Waals surface area contributed by atoms with Crippen molar-refractivity contribution in [3.63, 3.8) is 0 Å². The summed E-state index contributed by atoms with van der Waals surface area (Å²) in [5, 5.41) is 10.5. The topological polar surface area (TPSA) is 93.7 Å². The van der Waals surface area contributed by atoms with Crippen LogP contribution in [0.1, 0.15) is 15.4 Å². The Labute approximate surface area is 211 Å². The van der Waals surface area contributed by atoms with Crippen LogP contribution in [0.4, 0.5) is 27.6 Å². The number of nitrogens with zero attached hydrogens (tertiary/aromatic N) is 3. The molecule has 0 radical (unpaired) electrons. The van der Waals surface area contributed by atoms with E-state index in [2.05, 4.69) is 20.3 Å². The molecule has 2 heterocycles. The first-order valence-corrected chi connectivity index (χ1v) is 11.7. The van der Waals surface area contributed by atoms with E-state index in [1.54, 1.807) is 4.90 Å². The second kappa shape index (κ2) is 11.3. The number of aromatic nitrogens is 2. The van der Waals surface area contributed by atoms with Gasteiger partial charge in [0.15, 0.2) is 11.5 Å². The molecule has 37 heavy (non-hydrogen) atoms. The summed E-state index contributed by atoms with van der Waals surface area (Å²) in [4.78, 5) is 27.1. The zero-order valence-electron chi connectivity index (χ0n) is 19.0. The van der Waals surface area contributed by atoms with Crippen molar-refractivity contribution in [2.75, 3.05) is 38.2 Å². The van der Waals surface area contributed by atoms with Crippen molar-refractivity contribution in [3.05, 3.63) is 58.6 Å². The van der Waals surface area contributed by atoms with Crippen molar-refractivity contribution >= 4 is 28.7 Å². The van der Waals surface area contributed by atoms with Crippen molar-refractivity contribution < 1.29 is 41.0 Å². The van der Waals surface area contributed by atoms with Crippen molar-refractivity contribution in [3.8, 4) is 16.3 Å². The van der Waals surface area contributed by atoms with E-state index >= 15 is 0 Å². The van der Waals surface area contributed by atoms with Gasteiger partial charge in [-0.05, 0) is 30.3 Å². The number of carbonyl (C=O) groups is 2. The van der Waals surface area contributed by atoms with E-state index in [4.69, 9.17) is 4.74 Å². The van der Waals surface area contributed by atoms with Crippen LogP contribution in [0.15, 0.2) is 36.4 Å². The van der Waals surface area contributed by atoms with Crippen LogP contribution >= 0.6 is 11.3 Å². The molecular weight excluding hydrogens is 523 g/mol. The second-order valence-corrected chi connectivity index (χ2v) is 9.02. The van der Waals surface area contributed by atoms with Gasteiger partial charge in [-0.25, -0.2) is 8.78 Å². The van der Waals surface area contributed by atoms with Gasteiger partial charge < -0.3 is 14.8 Å². The van der Waals surface area contributed by atoms with Crippen LogP contribution in [0.3, 0.4) is 0 Å². The van der Waals surface area contributed by atoms with Crippen LogP contribution < -0.4 is 10.1 Å². The molecular formula is C23H19F5N4O4S. The molecule has 8 nitrogen and oxygen atoms in total. The minimum absolute atomic E-state index is 0.00949. The van der Waals surface area contributed by atoms with Crippen LogP contribution in [-0.2, 0) is 16.0 Å². The molecule has 0 saturated carbocycles. The molecule has 4 rings (SSSR count). The molecule has 0 atom stereocenters. The Morgan fingerprint density at radius 1 is 1.05 bits per heavy atom. The number of ketones is 1. The summed E-state index contributed by atoms with van der Waals surface area (Å²) >= 11 is 0.936. The highest BCUT2D eigenvalue weighted by Gasteiger charge is 2.32. The van der Waals surface area contributed by atoms with Gasteiger partial charge in [0.1, 0.15) is 21.6 Å². The Kier molecular flexibility index (Phi) is 8.10. The van der Waals surface area contributed by atoms with Gasteiger partial charge in [-0.15, -0.1) is 23.4 Å². The summed E-state index contributed by atoms with van der Waals surface area (Å²) in [6, 6.07) is 6.00. The Morgan fingerprint density at radius 3 is 2.43 bits per heavy atom. The Hall–Kier alpha value is -3.49. The third-order valence-corrected chi connectivity index (χ3v) is 6.13. The van der Waals surface area contributed by atoms with Gasteiger partial charge in [0.2, 0.25) is 5.91 Å². The van der Waals surface area contributed by atoms with Gasteiger partial charge >= 0.3 is 6.36 Å². The molecule has 3 aromatic rings. The molecule has 1 amide bonds. The summed E-state index contributed by atoms with van der Waals surface area (Å²) < 4.78 is 74.8. The largest absolute Gasteiger partial charge is 0.573 e. The van der Waals surface area contributed by atoms with Crippen LogP contribution in [0, 0.1) is 11.6 Å². The van der Waals surface area contributed by atoms with Crippen molar-refractivity contribution in [2.24, 2.45) is 0 Å². The summed E-state index contributed by atoms with van der Waals surface area (Å²) in [6.07, 6.45) is -5.30. The lowest BCUT2D eigenvalue weighted by Gasteiger charge is -2.26. The lowest BCUT2D eigenvalue weighted by Crippen LogP contribution is -2.41. The molecule has 0 aliphatic carbocycles. The van der Waals surface area contributed by atoms with E-state index in [9.17, 15) is 31.5 Å². The number of hydrogen-bond donors (Lipinski definition) is 1. The van der Waals surface area contributed by atoms with Gasteiger partial charge in [-0.1, -0.05) is 11.3 Å². The maximum Gasteiger partial charge on any atom is 0.573 e. The van der Waals surface area contributed by atoms with E-state index < -0.39 is 35.4 Å². The predicted octanol–water partition coefficient (Wildman–Crippen LogP) is 4.08. The third kappa shape index (κ3) is 7.50. The van der Waals surface area contributed by atoms with Gasteiger partial charge in [0.25, 0.3) is 0 Å². The minimum Gasteiger partial charge on any atom is -0.404 e. The molecule has 1 N–H and O–H groups in total. The molecule has 2 aromatic carbocycles. The first kappa shape index (κ1) is 26.6. The summed E-state index contributed by atoms with van der Waals surface area (Å²) in [5.41, 5.74) is -0.188. The highest BCUT2D eigenvalue weighted by molar-refractivity contribution is 7.14. The Bertz CT molecular complexity index is 1270. The lowest BCUT2D eigenvalue weighted by molar-refractivity contribution is -0.274. The van der Waals surface area contributed by atoms with E-state index in [0.29, 0.717) is 32.4 Å². The molecule has 1 saturated heterocycles. The number of anilines is 1. The quantitative estimate of drug-likeness (QED) is 0.339. The van der Waals surface area contributed by atoms with Crippen LogP contribution in [0.5, 0.6) is 5.75 Å². The van der Waals surface area contributed by atoms with Gasteiger partial charge in [0, 0.05) is 30.3 Å². The van der Waals surface area contributed by atoms with Crippen molar-refractivity contribution in [1.82, 2.24) is 15.1 Å². The van der Waals surface area contributed by atoms with Crippen molar-refractivity contribution in [1.29, 1.82) is 0 Å². The number of amides is 1. The number of alkyl halides is 3. The molecule has 0 bridgehead atoms. The summed E-state index contributed by atoms with van der Waals surface area (Å²) in [7, 11) is 0. The lowest BCUT2D eigenvalue weighted by atomic mass is 10.1. The van der Waals surface area contributed by atoms with E-state index in [1.165, 1.54) is 0 Å². The molecule has 1 aliphatic rings. The number of benzene rings is 2. The molecule has 14 heteroatoms. The summed E-state index contributed by atoms with van der Waals surface area (Å²) in [5.74, 6) is -3.39. The fourth-order valence-electron chi connectivity index (χ4n) is 3.53. The highest BCUT2D eigenvalue weighted by atomic mass is 32.1. The number of halogens is 5. The average Bonchev–Trinajstić information content (AvgIpc) is 3.28. The SMILES string of the molecule is O=C(CN1CCOCC1)Nc1cc(C(=O)Cc2nnc(-c3cc(F)cc(F)c3)s2)ccc1OC(F)(F)F. The minimum atomic E-state index is -5.02. The number of rotatable bonds is 8. The van der Waals surface area contributed by atoms with Gasteiger partial charge in [-0.2, -0.15) is 0 Å². The Morgan fingerprint density at radius 2 is 1.76 bits per heavy atom. The van der Waals surface area contributed by atoms with E-state index in [0.717, 1.165) is 41.7 Å². The summed E-state index contributed by atoms with van der Waals surface area (Å²) in [6.45, 7) is 1.76. The molecule has 0 unspecified atom stereocenters. The molecule has 0 spiro atoms. The fraction of sp³-hybridized carbons (Fsp3) is 0.304. The fourth-order valence-corrected chi connectivity index (χ4v) is 4.35. The monoisotopic (exact) mass is 542 g/mol. The highest BCUT2D eigenvalue weighted by Crippen LogP contribution is 2.32. The molecule has 1 fully saturated rings.